The number of nitrogens with two attached hydrogens (primary N) is 2. The summed E-state index contributed by atoms with van der Waals surface area (Å²) in [6.07, 6.45) is 3.11. The molecule has 1 aliphatic rings. The van der Waals surface area contributed by atoms with Gasteiger partial charge >= 0.3 is 0 Å². The number of hydrogen-bond acceptors (Lipinski definition) is 4. The molecule has 0 saturated heterocycles. The number of amides is 2. The molecular formula is C13H19N3O2S. The van der Waals surface area contributed by atoms with Crippen LogP contribution < -0.4 is 16.8 Å². The minimum atomic E-state index is -0.463. The van der Waals surface area contributed by atoms with Gasteiger partial charge in [0.15, 0.2) is 0 Å². The molecule has 6 heteroatoms. The fraction of sp³-hybridized carbons (Fsp3) is 0.538. The Morgan fingerprint density at radius 2 is 2.21 bits per heavy atom. The molecule has 104 valence electrons. The molecule has 0 bridgehead atoms. The number of anilines is 1. The molecule has 5 nitrogen and oxygen atoms in total. The lowest BCUT2D eigenvalue weighted by atomic mass is 9.88. The van der Waals surface area contributed by atoms with Crippen LogP contribution in [0.3, 0.4) is 0 Å². The van der Waals surface area contributed by atoms with Gasteiger partial charge in [0.1, 0.15) is 5.00 Å². The third-order valence-corrected chi connectivity index (χ3v) is 4.55. The number of thiophene rings is 1. The molecule has 1 aliphatic carbocycles. The van der Waals surface area contributed by atoms with Gasteiger partial charge in [-0.1, -0.05) is 6.92 Å². The molecule has 1 aromatic rings. The van der Waals surface area contributed by atoms with E-state index in [2.05, 4.69) is 12.2 Å². The van der Waals surface area contributed by atoms with Gasteiger partial charge in [0, 0.05) is 17.8 Å². The Hall–Kier alpha value is -1.40. The fourth-order valence-corrected chi connectivity index (χ4v) is 3.85. The van der Waals surface area contributed by atoms with E-state index in [-0.39, 0.29) is 12.3 Å². The third kappa shape index (κ3) is 2.96. The molecule has 1 unspecified atom stereocenters. The maximum atomic E-state index is 11.6. The molecule has 0 fully saturated rings. The molecule has 0 spiro atoms. The zero-order valence-corrected chi connectivity index (χ0v) is 11.8. The average molecular weight is 281 g/mol. The van der Waals surface area contributed by atoms with Crippen LogP contribution >= 0.6 is 11.3 Å². The lowest BCUT2D eigenvalue weighted by Gasteiger charge is -2.18. The molecule has 0 aromatic carbocycles. The summed E-state index contributed by atoms with van der Waals surface area (Å²) in [7, 11) is 0. The number of hydrogen-bond donors (Lipinski definition) is 3. The monoisotopic (exact) mass is 281 g/mol. The maximum Gasteiger partial charge on any atom is 0.251 e. The van der Waals surface area contributed by atoms with Crippen molar-refractivity contribution in [3.05, 3.63) is 16.0 Å². The molecule has 0 aliphatic heterocycles. The van der Waals surface area contributed by atoms with Crippen LogP contribution in [0.5, 0.6) is 0 Å². The topological polar surface area (TPSA) is 98.2 Å². The van der Waals surface area contributed by atoms with Gasteiger partial charge in [0.25, 0.3) is 5.91 Å². The lowest BCUT2D eigenvalue weighted by Crippen LogP contribution is -2.20. The number of rotatable bonds is 4. The minimum Gasteiger partial charge on any atom is -0.365 e. The van der Waals surface area contributed by atoms with Crippen LogP contribution in [0.2, 0.25) is 0 Å². The third-order valence-electron chi connectivity index (χ3n) is 3.38. The van der Waals surface area contributed by atoms with Crippen molar-refractivity contribution in [2.75, 3.05) is 11.9 Å². The van der Waals surface area contributed by atoms with Crippen LogP contribution in [0, 0.1) is 5.92 Å². The minimum absolute atomic E-state index is 0.170. The van der Waals surface area contributed by atoms with E-state index < -0.39 is 5.91 Å². The lowest BCUT2D eigenvalue weighted by molar-refractivity contribution is -0.116. The predicted octanol–water partition coefficient (Wildman–Crippen LogP) is 1.26. The van der Waals surface area contributed by atoms with E-state index in [1.54, 1.807) is 0 Å². The Balaban J connectivity index is 2.32. The molecule has 5 N–H and O–H groups in total. The second-order valence-corrected chi connectivity index (χ2v) is 6.11. The summed E-state index contributed by atoms with van der Waals surface area (Å²) in [6.45, 7) is 2.49. The van der Waals surface area contributed by atoms with Crippen LogP contribution in [0.1, 0.15) is 40.6 Å². The van der Waals surface area contributed by atoms with Gasteiger partial charge in [-0.3, -0.25) is 9.59 Å². The first-order valence-electron chi connectivity index (χ1n) is 6.47. The van der Waals surface area contributed by atoms with Gasteiger partial charge in [0.05, 0.1) is 5.56 Å². The van der Waals surface area contributed by atoms with E-state index in [0.29, 0.717) is 23.0 Å². The first-order valence-corrected chi connectivity index (χ1v) is 7.28. The van der Waals surface area contributed by atoms with E-state index >= 15 is 0 Å². The fourth-order valence-electron chi connectivity index (χ4n) is 2.42. The standard InChI is InChI=1S/C13H19N3O2S/c1-7-2-3-8-9(6-7)19-13(11(8)12(15)18)16-10(17)4-5-14/h7H,2-6,14H2,1H3,(H2,15,18)(H,16,17). The Morgan fingerprint density at radius 3 is 2.84 bits per heavy atom. The van der Waals surface area contributed by atoms with Gasteiger partial charge in [-0.25, -0.2) is 0 Å². The van der Waals surface area contributed by atoms with Crippen LogP contribution in [0.4, 0.5) is 5.00 Å². The number of fused-ring (bicyclic) bond motifs is 1. The number of primary amides is 1. The summed E-state index contributed by atoms with van der Waals surface area (Å²) in [5.74, 6) is -0.0220. The molecule has 0 saturated carbocycles. The van der Waals surface area contributed by atoms with E-state index in [9.17, 15) is 9.59 Å². The van der Waals surface area contributed by atoms with Crippen LogP contribution in [0.15, 0.2) is 0 Å². The summed E-state index contributed by atoms with van der Waals surface area (Å²) >= 11 is 1.47. The molecule has 2 rings (SSSR count). The van der Waals surface area contributed by atoms with Crippen molar-refractivity contribution in [3.63, 3.8) is 0 Å². The summed E-state index contributed by atoms with van der Waals surface area (Å²) < 4.78 is 0. The highest BCUT2D eigenvalue weighted by molar-refractivity contribution is 7.17. The highest BCUT2D eigenvalue weighted by Gasteiger charge is 2.26. The Kier molecular flexibility index (Phi) is 4.21. The van der Waals surface area contributed by atoms with Crippen molar-refractivity contribution in [3.8, 4) is 0 Å². The van der Waals surface area contributed by atoms with Crippen LogP contribution in [0.25, 0.3) is 0 Å². The highest BCUT2D eigenvalue weighted by atomic mass is 32.1. The Bertz CT molecular complexity index is 510. The van der Waals surface area contributed by atoms with Crippen molar-refractivity contribution < 1.29 is 9.59 Å². The molecule has 0 radical (unpaired) electrons. The van der Waals surface area contributed by atoms with Crippen LogP contribution in [-0.2, 0) is 17.6 Å². The largest absolute Gasteiger partial charge is 0.365 e. The van der Waals surface area contributed by atoms with Crippen molar-refractivity contribution in [2.45, 2.75) is 32.6 Å². The molecule has 2 amide bonds. The average Bonchev–Trinajstić information content (AvgIpc) is 2.65. The van der Waals surface area contributed by atoms with Crippen molar-refractivity contribution >= 4 is 28.2 Å². The number of carbonyl (C=O) groups excluding carboxylic acids is 2. The molecule has 1 aromatic heterocycles. The summed E-state index contributed by atoms with van der Waals surface area (Å²) in [5.41, 5.74) is 12.3. The zero-order chi connectivity index (χ0) is 14.0. The SMILES string of the molecule is CC1CCc2c(sc(NC(=O)CCN)c2C(N)=O)C1. The zero-order valence-electron chi connectivity index (χ0n) is 11.0. The number of nitrogens with one attached hydrogen (secondary N) is 1. The summed E-state index contributed by atoms with van der Waals surface area (Å²) in [4.78, 5) is 24.4. The molecule has 1 heterocycles. The van der Waals surface area contributed by atoms with Crippen molar-refractivity contribution in [1.29, 1.82) is 0 Å². The Morgan fingerprint density at radius 1 is 1.47 bits per heavy atom. The molecular weight excluding hydrogens is 262 g/mol. The highest BCUT2D eigenvalue weighted by Crippen LogP contribution is 2.39. The smallest absolute Gasteiger partial charge is 0.251 e. The molecule has 1 atom stereocenters. The van der Waals surface area contributed by atoms with Gasteiger partial charge in [0.2, 0.25) is 5.91 Å². The first kappa shape index (κ1) is 14.0. The van der Waals surface area contributed by atoms with E-state index in [1.165, 1.54) is 16.2 Å². The number of carbonyl (C=O) groups is 2. The van der Waals surface area contributed by atoms with Crippen molar-refractivity contribution in [1.82, 2.24) is 0 Å². The summed E-state index contributed by atoms with van der Waals surface area (Å²) in [5, 5.41) is 3.35. The quantitative estimate of drug-likeness (QED) is 0.774. The van der Waals surface area contributed by atoms with E-state index in [4.69, 9.17) is 11.5 Å². The second-order valence-electron chi connectivity index (χ2n) is 5.01. The summed E-state index contributed by atoms with van der Waals surface area (Å²) in [6, 6.07) is 0. The van der Waals surface area contributed by atoms with E-state index in [1.807, 2.05) is 0 Å². The molecule has 19 heavy (non-hydrogen) atoms. The second kappa shape index (κ2) is 5.71. The van der Waals surface area contributed by atoms with E-state index in [0.717, 1.165) is 24.8 Å². The predicted molar refractivity (Wildman–Crippen MR) is 76.3 cm³/mol. The first-order chi connectivity index (χ1) is 9.02. The van der Waals surface area contributed by atoms with Gasteiger partial charge in [-0.05, 0) is 30.7 Å². The Labute approximate surface area is 116 Å². The van der Waals surface area contributed by atoms with Crippen molar-refractivity contribution in [2.24, 2.45) is 17.4 Å². The maximum absolute atomic E-state index is 11.6. The van der Waals surface area contributed by atoms with Crippen LogP contribution in [-0.4, -0.2) is 18.4 Å². The van der Waals surface area contributed by atoms with Gasteiger partial charge in [-0.2, -0.15) is 0 Å². The normalized spacial score (nSPS) is 17.9. The van der Waals surface area contributed by atoms with Gasteiger partial charge in [-0.15, -0.1) is 11.3 Å². The van der Waals surface area contributed by atoms with Gasteiger partial charge < -0.3 is 16.8 Å².